The highest BCUT2D eigenvalue weighted by molar-refractivity contribution is 6.34. The van der Waals surface area contributed by atoms with Crippen molar-refractivity contribution >= 4 is 29.2 Å². The van der Waals surface area contributed by atoms with Crippen LogP contribution in [0.5, 0.6) is 5.75 Å². The lowest BCUT2D eigenvalue weighted by molar-refractivity contribution is -0.153. The zero-order chi connectivity index (χ0) is 18.4. The van der Waals surface area contributed by atoms with Gasteiger partial charge in [0.1, 0.15) is 5.75 Å². The van der Waals surface area contributed by atoms with Crippen molar-refractivity contribution in [1.82, 2.24) is 0 Å². The molecule has 0 spiro atoms. The van der Waals surface area contributed by atoms with Gasteiger partial charge in [0.05, 0.1) is 10.7 Å². The second-order valence-corrected chi connectivity index (χ2v) is 6.07. The number of rotatable bonds is 6. The first-order chi connectivity index (χ1) is 11.9. The van der Waals surface area contributed by atoms with Gasteiger partial charge in [-0.2, -0.15) is 0 Å². The minimum Gasteiger partial charge on any atom is -0.479 e. The average molecular weight is 362 g/mol. The zero-order valence-corrected chi connectivity index (χ0v) is 15.1. The third kappa shape index (κ3) is 5.50. The van der Waals surface area contributed by atoms with E-state index in [0.29, 0.717) is 16.5 Å². The van der Waals surface area contributed by atoms with Crippen LogP contribution >= 0.6 is 11.6 Å². The monoisotopic (exact) mass is 361 g/mol. The van der Waals surface area contributed by atoms with Gasteiger partial charge in [-0.3, -0.25) is 4.79 Å². The molecule has 6 heteroatoms. The highest BCUT2D eigenvalue weighted by Gasteiger charge is 2.18. The largest absolute Gasteiger partial charge is 0.479 e. The summed E-state index contributed by atoms with van der Waals surface area (Å²) in [4.78, 5) is 23.9. The number of carbonyl (C=O) groups excluding carboxylic acids is 2. The number of esters is 1. The van der Waals surface area contributed by atoms with Crippen molar-refractivity contribution in [2.45, 2.75) is 26.9 Å². The summed E-state index contributed by atoms with van der Waals surface area (Å²) in [5.41, 5.74) is 2.35. The molecule has 5 nitrogen and oxygen atoms in total. The Balaban J connectivity index is 1.86. The first kappa shape index (κ1) is 18.8. The van der Waals surface area contributed by atoms with Gasteiger partial charge < -0.3 is 14.8 Å². The first-order valence-electron chi connectivity index (χ1n) is 7.81. The summed E-state index contributed by atoms with van der Waals surface area (Å²) < 4.78 is 10.4. The van der Waals surface area contributed by atoms with E-state index in [1.165, 1.54) is 0 Å². The second kappa shape index (κ2) is 8.53. The molecule has 0 saturated carbocycles. The van der Waals surface area contributed by atoms with Crippen molar-refractivity contribution in [3.8, 4) is 5.75 Å². The molecule has 0 bridgehead atoms. The van der Waals surface area contributed by atoms with Gasteiger partial charge in [-0.25, -0.2) is 4.79 Å². The van der Waals surface area contributed by atoms with Crippen LogP contribution < -0.4 is 10.1 Å². The fourth-order valence-electron chi connectivity index (χ4n) is 2.25. The van der Waals surface area contributed by atoms with Crippen LogP contribution in [0.25, 0.3) is 0 Å². The fourth-order valence-corrected chi connectivity index (χ4v) is 2.62. The molecule has 25 heavy (non-hydrogen) atoms. The smallest absolute Gasteiger partial charge is 0.347 e. The fraction of sp³-hybridized carbons (Fsp3) is 0.263. The second-order valence-electron chi connectivity index (χ2n) is 5.67. The van der Waals surface area contributed by atoms with Crippen molar-refractivity contribution in [2.75, 3.05) is 11.9 Å². The Morgan fingerprint density at radius 2 is 1.84 bits per heavy atom. The molecule has 0 heterocycles. The molecular weight excluding hydrogens is 342 g/mol. The number of halogens is 1. The summed E-state index contributed by atoms with van der Waals surface area (Å²) in [5.74, 6) is -0.529. The standard InChI is InChI=1S/C19H20ClNO4/c1-12-9-13(2)18(16(20)10-12)21-17(22)11-24-19(23)14(3)25-15-7-5-4-6-8-15/h4-10,14H,11H2,1-3H3,(H,21,22)/t14-/m1/s1. The van der Waals surface area contributed by atoms with Gasteiger partial charge in [-0.15, -0.1) is 0 Å². The number of aryl methyl sites for hydroxylation is 2. The van der Waals surface area contributed by atoms with Crippen molar-refractivity contribution < 1.29 is 19.1 Å². The van der Waals surface area contributed by atoms with Crippen molar-refractivity contribution in [2.24, 2.45) is 0 Å². The molecular formula is C19H20ClNO4. The summed E-state index contributed by atoms with van der Waals surface area (Å²) in [6.45, 7) is 4.91. The summed E-state index contributed by atoms with van der Waals surface area (Å²) in [6, 6.07) is 12.6. The summed E-state index contributed by atoms with van der Waals surface area (Å²) in [7, 11) is 0. The lowest BCUT2D eigenvalue weighted by Gasteiger charge is -2.15. The van der Waals surface area contributed by atoms with Crippen molar-refractivity contribution in [1.29, 1.82) is 0 Å². The minimum absolute atomic E-state index is 0.412. The van der Waals surface area contributed by atoms with E-state index in [1.54, 1.807) is 37.3 Å². The molecule has 2 aromatic carbocycles. The number of ether oxygens (including phenoxy) is 2. The maximum absolute atomic E-state index is 12.0. The van der Waals surface area contributed by atoms with Gasteiger partial charge in [0.2, 0.25) is 0 Å². The van der Waals surface area contributed by atoms with Gasteiger partial charge in [-0.05, 0) is 50.1 Å². The average Bonchev–Trinajstić information content (AvgIpc) is 2.56. The van der Waals surface area contributed by atoms with Crippen molar-refractivity contribution in [3.63, 3.8) is 0 Å². The number of benzene rings is 2. The number of carbonyl (C=O) groups is 2. The number of nitrogens with one attached hydrogen (secondary N) is 1. The van der Waals surface area contributed by atoms with Crippen LogP contribution in [0, 0.1) is 13.8 Å². The molecule has 0 aliphatic heterocycles. The molecule has 2 rings (SSSR count). The Bertz CT molecular complexity index is 738. The topological polar surface area (TPSA) is 64.6 Å². The summed E-state index contributed by atoms with van der Waals surface area (Å²) in [6.07, 6.45) is -0.820. The molecule has 1 atom stereocenters. The Kier molecular flexibility index (Phi) is 6.42. The highest BCUT2D eigenvalue weighted by atomic mass is 35.5. The van der Waals surface area contributed by atoms with Crippen LogP contribution in [0.15, 0.2) is 42.5 Å². The lowest BCUT2D eigenvalue weighted by atomic mass is 10.1. The Labute approximate surface area is 151 Å². The normalized spacial score (nSPS) is 11.5. The Morgan fingerprint density at radius 3 is 2.48 bits per heavy atom. The van der Waals surface area contributed by atoms with Gasteiger partial charge in [-0.1, -0.05) is 35.9 Å². The molecule has 0 aliphatic carbocycles. The van der Waals surface area contributed by atoms with E-state index in [0.717, 1.165) is 11.1 Å². The SMILES string of the molecule is Cc1cc(C)c(NC(=O)COC(=O)[C@@H](C)Oc2ccccc2)c(Cl)c1. The van der Waals surface area contributed by atoms with Crippen LogP contribution in [-0.2, 0) is 14.3 Å². The van der Waals surface area contributed by atoms with E-state index in [2.05, 4.69) is 5.32 Å². The maximum atomic E-state index is 12.0. The molecule has 0 fully saturated rings. The Morgan fingerprint density at radius 1 is 1.16 bits per heavy atom. The van der Waals surface area contributed by atoms with Gasteiger partial charge in [0.15, 0.2) is 12.7 Å². The summed E-state index contributed by atoms with van der Waals surface area (Å²) >= 11 is 6.14. The Hall–Kier alpha value is -2.53. The number of para-hydroxylation sites is 1. The van der Waals surface area contributed by atoms with Crippen molar-refractivity contribution in [3.05, 3.63) is 58.6 Å². The predicted molar refractivity (Wildman–Crippen MR) is 97.0 cm³/mol. The van der Waals surface area contributed by atoms with E-state index in [1.807, 2.05) is 26.0 Å². The van der Waals surface area contributed by atoms with Gasteiger partial charge >= 0.3 is 5.97 Å². The first-order valence-corrected chi connectivity index (χ1v) is 8.19. The van der Waals surface area contributed by atoms with Crippen LogP contribution in [0.3, 0.4) is 0 Å². The van der Waals surface area contributed by atoms with E-state index >= 15 is 0 Å². The zero-order valence-electron chi connectivity index (χ0n) is 14.3. The van der Waals surface area contributed by atoms with Crippen LogP contribution in [0.1, 0.15) is 18.1 Å². The predicted octanol–water partition coefficient (Wildman–Crippen LogP) is 3.91. The quantitative estimate of drug-likeness (QED) is 0.792. The maximum Gasteiger partial charge on any atom is 0.347 e. The van der Waals surface area contributed by atoms with Gasteiger partial charge in [0, 0.05) is 0 Å². The molecule has 132 valence electrons. The van der Waals surface area contributed by atoms with Gasteiger partial charge in [0.25, 0.3) is 5.91 Å². The number of anilines is 1. The molecule has 1 N–H and O–H groups in total. The minimum atomic E-state index is -0.820. The molecule has 0 unspecified atom stereocenters. The highest BCUT2D eigenvalue weighted by Crippen LogP contribution is 2.27. The van der Waals surface area contributed by atoms with E-state index in [4.69, 9.17) is 21.1 Å². The third-order valence-corrected chi connectivity index (χ3v) is 3.73. The number of hydrogen-bond acceptors (Lipinski definition) is 4. The number of amides is 1. The molecule has 0 aromatic heterocycles. The van der Waals surface area contributed by atoms with Crippen LogP contribution in [0.2, 0.25) is 5.02 Å². The van der Waals surface area contributed by atoms with Crippen LogP contribution in [-0.4, -0.2) is 24.6 Å². The van der Waals surface area contributed by atoms with E-state index in [9.17, 15) is 9.59 Å². The van der Waals surface area contributed by atoms with E-state index < -0.39 is 24.6 Å². The number of hydrogen-bond donors (Lipinski definition) is 1. The molecule has 2 aromatic rings. The summed E-state index contributed by atoms with van der Waals surface area (Å²) in [5, 5.41) is 3.10. The van der Waals surface area contributed by atoms with E-state index in [-0.39, 0.29) is 0 Å². The van der Waals surface area contributed by atoms with Crippen LogP contribution in [0.4, 0.5) is 5.69 Å². The molecule has 1 amide bonds. The molecule has 0 saturated heterocycles. The lowest BCUT2D eigenvalue weighted by Crippen LogP contribution is -2.29. The third-order valence-electron chi connectivity index (χ3n) is 3.43. The molecule has 0 radical (unpaired) electrons. The molecule has 0 aliphatic rings.